The van der Waals surface area contributed by atoms with Gasteiger partial charge in [-0.2, -0.15) is 0 Å². The molecule has 2 aromatic rings. The Bertz CT molecular complexity index is 1290. The standard InChI is InChI=1S/C27H26N2O6/c1-25(2)14-18-20(19(30)15-25)26(24(33)35-3)22(21(31)16-10-6-4-7-11-16)27(34,28-18)23(32)29(26)17-12-8-5-9-13-17/h4-13,22,28,34H,14-15H2,1-3H3. The highest BCUT2D eigenvalue weighted by Gasteiger charge is 2.78. The third-order valence-corrected chi connectivity index (χ3v) is 7.15. The van der Waals surface area contributed by atoms with E-state index >= 15 is 0 Å². The normalized spacial score (nSPS) is 28.9. The van der Waals surface area contributed by atoms with Gasteiger partial charge in [0.15, 0.2) is 17.1 Å². The third-order valence-electron chi connectivity index (χ3n) is 7.15. The fourth-order valence-corrected chi connectivity index (χ4v) is 5.88. The SMILES string of the molecule is COC(=O)C12C3=C(CC(C)(C)CC3=O)NC(O)(C(=O)N1c1ccccc1)C2C(=O)c1ccccc1. The van der Waals surface area contributed by atoms with Crippen LogP contribution in [0.2, 0.25) is 0 Å². The number of amides is 1. The van der Waals surface area contributed by atoms with E-state index < -0.39 is 40.3 Å². The Morgan fingerprint density at radius 1 is 1.00 bits per heavy atom. The van der Waals surface area contributed by atoms with E-state index in [0.717, 1.165) is 12.0 Å². The molecule has 2 aromatic carbocycles. The number of nitrogens with zero attached hydrogens (tertiary/aromatic N) is 1. The van der Waals surface area contributed by atoms with E-state index in [4.69, 9.17) is 4.74 Å². The maximum absolute atomic E-state index is 14.0. The summed E-state index contributed by atoms with van der Waals surface area (Å²) in [5, 5.41) is 14.8. The second kappa shape index (κ2) is 7.61. The van der Waals surface area contributed by atoms with Crippen LogP contribution in [0.5, 0.6) is 0 Å². The van der Waals surface area contributed by atoms with Crippen molar-refractivity contribution in [3.63, 3.8) is 0 Å². The van der Waals surface area contributed by atoms with Gasteiger partial charge in [0, 0.05) is 23.4 Å². The number of Topliss-reactive ketones (excluding diaryl/α,β-unsaturated/α-hetero) is 2. The number of ketones is 2. The van der Waals surface area contributed by atoms with Crippen LogP contribution in [0.15, 0.2) is 71.9 Å². The highest BCUT2D eigenvalue weighted by atomic mass is 16.5. The quantitative estimate of drug-likeness (QED) is 0.517. The molecule has 3 atom stereocenters. The van der Waals surface area contributed by atoms with Crippen LogP contribution in [0.25, 0.3) is 0 Å². The van der Waals surface area contributed by atoms with Crippen molar-refractivity contribution in [1.29, 1.82) is 0 Å². The predicted molar refractivity (Wildman–Crippen MR) is 126 cm³/mol. The predicted octanol–water partition coefficient (Wildman–Crippen LogP) is 2.38. The van der Waals surface area contributed by atoms with Crippen molar-refractivity contribution in [2.24, 2.45) is 11.3 Å². The van der Waals surface area contributed by atoms with Crippen LogP contribution in [-0.2, 0) is 19.1 Å². The highest BCUT2D eigenvalue weighted by Crippen LogP contribution is 2.56. The Balaban J connectivity index is 1.88. The first-order chi connectivity index (χ1) is 16.6. The van der Waals surface area contributed by atoms with Crippen molar-refractivity contribution in [3.05, 3.63) is 77.5 Å². The first kappa shape index (κ1) is 23.0. The van der Waals surface area contributed by atoms with E-state index in [1.807, 2.05) is 13.8 Å². The lowest BCUT2D eigenvalue weighted by Gasteiger charge is -2.48. The Kier molecular flexibility index (Phi) is 5.00. The summed E-state index contributed by atoms with van der Waals surface area (Å²) in [5.41, 5.74) is -4.39. The van der Waals surface area contributed by atoms with Crippen molar-refractivity contribution in [3.8, 4) is 0 Å². The summed E-state index contributed by atoms with van der Waals surface area (Å²) < 4.78 is 5.21. The smallest absolute Gasteiger partial charge is 0.338 e. The maximum atomic E-state index is 14.0. The maximum Gasteiger partial charge on any atom is 0.338 e. The minimum absolute atomic E-state index is 0.00247. The minimum Gasteiger partial charge on any atom is -0.467 e. The second-order valence-electron chi connectivity index (χ2n) is 10.1. The van der Waals surface area contributed by atoms with Gasteiger partial charge in [0.1, 0.15) is 5.92 Å². The second-order valence-corrected chi connectivity index (χ2v) is 10.1. The molecule has 2 heterocycles. The first-order valence-corrected chi connectivity index (χ1v) is 11.4. The van der Waals surface area contributed by atoms with Crippen LogP contribution < -0.4 is 10.2 Å². The topological polar surface area (TPSA) is 113 Å². The van der Waals surface area contributed by atoms with Crippen molar-refractivity contribution < 1.29 is 29.0 Å². The van der Waals surface area contributed by atoms with E-state index in [1.54, 1.807) is 60.7 Å². The van der Waals surface area contributed by atoms with Gasteiger partial charge in [0.05, 0.1) is 12.7 Å². The summed E-state index contributed by atoms with van der Waals surface area (Å²) >= 11 is 0. The number of aliphatic hydroxyl groups is 1. The van der Waals surface area contributed by atoms with Gasteiger partial charge in [-0.1, -0.05) is 62.4 Å². The Hall–Kier alpha value is -3.78. The van der Waals surface area contributed by atoms with Crippen LogP contribution in [0.3, 0.4) is 0 Å². The molecule has 8 nitrogen and oxygen atoms in total. The van der Waals surface area contributed by atoms with Gasteiger partial charge in [-0.15, -0.1) is 0 Å². The molecule has 1 fully saturated rings. The summed E-state index contributed by atoms with van der Waals surface area (Å²) in [6.07, 6.45) is 0.408. The number of allylic oxidation sites excluding steroid dienone is 1. The number of anilines is 1. The number of carbonyl (C=O) groups is 4. The van der Waals surface area contributed by atoms with Crippen LogP contribution in [-0.4, -0.2) is 46.9 Å². The number of rotatable bonds is 4. The molecular formula is C27H26N2O6. The average molecular weight is 475 g/mol. The first-order valence-electron chi connectivity index (χ1n) is 11.4. The van der Waals surface area contributed by atoms with Gasteiger partial charge >= 0.3 is 5.97 Å². The Labute approximate surface area is 202 Å². The summed E-state index contributed by atoms with van der Waals surface area (Å²) in [7, 11) is 1.14. The molecule has 0 radical (unpaired) electrons. The van der Waals surface area contributed by atoms with Crippen LogP contribution in [0, 0.1) is 11.3 Å². The van der Waals surface area contributed by atoms with Gasteiger partial charge in [-0.3, -0.25) is 19.3 Å². The molecule has 2 bridgehead atoms. The number of methoxy groups -OCH3 is 1. The molecular weight excluding hydrogens is 448 g/mol. The van der Waals surface area contributed by atoms with Gasteiger partial charge in [0.25, 0.3) is 5.91 Å². The van der Waals surface area contributed by atoms with Crippen molar-refractivity contribution in [2.45, 2.75) is 38.0 Å². The molecule has 0 spiro atoms. The van der Waals surface area contributed by atoms with E-state index in [2.05, 4.69) is 5.32 Å². The largest absolute Gasteiger partial charge is 0.467 e. The molecule has 2 aliphatic heterocycles. The zero-order valence-electron chi connectivity index (χ0n) is 19.7. The fraction of sp³-hybridized carbons (Fsp3) is 0.333. The summed E-state index contributed by atoms with van der Waals surface area (Å²) in [6, 6.07) is 16.4. The molecule has 0 saturated carbocycles. The van der Waals surface area contributed by atoms with E-state index in [0.29, 0.717) is 6.42 Å². The molecule has 1 aliphatic carbocycles. The highest BCUT2D eigenvalue weighted by molar-refractivity contribution is 6.24. The number of fused-ring (bicyclic) bond motifs is 3. The van der Waals surface area contributed by atoms with Gasteiger partial charge < -0.3 is 15.2 Å². The van der Waals surface area contributed by atoms with Gasteiger partial charge in [-0.05, 0) is 24.0 Å². The molecule has 35 heavy (non-hydrogen) atoms. The van der Waals surface area contributed by atoms with Crippen LogP contribution in [0.1, 0.15) is 37.0 Å². The number of hydrogen-bond donors (Lipinski definition) is 2. The number of para-hydroxylation sites is 1. The molecule has 0 aromatic heterocycles. The molecule has 3 unspecified atom stereocenters. The average Bonchev–Trinajstić information content (AvgIpc) is 2.97. The van der Waals surface area contributed by atoms with E-state index in [1.165, 1.54) is 0 Å². The van der Waals surface area contributed by atoms with Crippen molar-refractivity contribution in [1.82, 2.24) is 5.32 Å². The number of benzene rings is 2. The lowest BCUT2D eigenvalue weighted by Crippen LogP contribution is -2.68. The van der Waals surface area contributed by atoms with E-state index in [9.17, 15) is 24.3 Å². The number of ether oxygens (including phenoxy) is 1. The number of carbonyl (C=O) groups excluding carboxylic acids is 4. The summed E-state index contributed by atoms with van der Waals surface area (Å²) in [5.74, 6) is -4.55. The molecule has 5 rings (SSSR count). The third kappa shape index (κ3) is 3.02. The summed E-state index contributed by atoms with van der Waals surface area (Å²) in [4.78, 5) is 56.6. The fourth-order valence-electron chi connectivity index (χ4n) is 5.88. The zero-order chi connectivity index (χ0) is 25.2. The van der Waals surface area contributed by atoms with Crippen LogP contribution >= 0.6 is 0 Å². The van der Waals surface area contributed by atoms with Crippen molar-refractivity contribution in [2.75, 3.05) is 12.0 Å². The molecule has 1 amide bonds. The van der Waals surface area contributed by atoms with Crippen LogP contribution in [0.4, 0.5) is 5.69 Å². The number of nitrogens with one attached hydrogen (secondary N) is 1. The van der Waals surface area contributed by atoms with Crippen molar-refractivity contribution >= 4 is 29.1 Å². The van der Waals surface area contributed by atoms with Gasteiger partial charge in [0.2, 0.25) is 5.72 Å². The van der Waals surface area contributed by atoms with Gasteiger partial charge in [-0.25, -0.2) is 4.79 Å². The molecule has 3 aliphatic rings. The number of esters is 1. The zero-order valence-corrected chi connectivity index (χ0v) is 19.7. The Morgan fingerprint density at radius 2 is 1.60 bits per heavy atom. The minimum atomic E-state index is -2.47. The summed E-state index contributed by atoms with van der Waals surface area (Å²) in [6.45, 7) is 3.79. The molecule has 1 saturated heterocycles. The van der Waals surface area contributed by atoms with E-state index in [-0.39, 0.29) is 34.7 Å². The molecule has 8 heteroatoms. The lowest BCUT2D eigenvalue weighted by molar-refractivity contribution is -0.151. The molecule has 180 valence electrons. The molecule has 2 N–H and O–H groups in total. The monoisotopic (exact) mass is 474 g/mol. The number of hydrogen-bond acceptors (Lipinski definition) is 7. The Morgan fingerprint density at radius 3 is 2.20 bits per heavy atom. The lowest BCUT2D eigenvalue weighted by atomic mass is 9.62.